The van der Waals surface area contributed by atoms with Gasteiger partial charge in [0.15, 0.2) is 11.1 Å². The topological polar surface area (TPSA) is 76.7 Å². The first-order valence-electron chi connectivity index (χ1n) is 5.58. The van der Waals surface area contributed by atoms with Crippen LogP contribution in [0.25, 0.3) is 11.0 Å². The lowest BCUT2D eigenvalue weighted by Crippen LogP contribution is -2.04. The highest BCUT2D eigenvalue weighted by atomic mass is 79.9. The summed E-state index contributed by atoms with van der Waals surface area (Å²) in [5.74, 6) is -1.34. The Balaban J connectivity index is 2.88. The maximum Gasteiger partial charge on any atom is 0.346 e. The fourth-order valence-electron chi connectivity index (χ4n) is 1.77. The van der Waals surface area contributed by atoms with Crippen LogP contribution in [-0.4, -0.2) is 17.7 Å². The molecule has 100 valence electrons. The van der Waals surface area contributed by atoms with Gasteiger partial charge in [0.2, 0.25) is 5.43 Å². The summed E-state index contributed by atoms with van der Waals surface area (Å²) < 4.78 is 10.5. The lowest BCUT2D eigenvalue weighted by atomic mass is 10.2. The van der Waals surface area contributed by atoms with Crippen molar-refractivity contribution in [1.29, 1.82) is 0 Å². The van der Waals surface area contributed by atoms with Crippen molar-refractivity contribution in [3.05, 3.63) is 38.0 Å². The molecule has 0 spiro atoms. The number of furan rings is 1. The number of carbonyl (C=O) groups excluding carboxylic acids is 1. The fraction of sp³-hybridized carbons (Fsp3) is 0.231. The highest BCUT2D eigenvalue weighted by Gasteiger charge is 2.23. The third-order valence-corrected chi connectivity index (χ3v) is 3.06. The van der Waals surface area contributed by atoms with Crippen molar-refractivity contribution in [2.24, 2.45) is 0 Å². The maximum atomic E-state index is 12.0. The average molecular weight is 327 g/mol. The van der Waals surface area contributed by atoms with E-state index < -0.39 is 11.9 Å². The minimum atomic E-state index is -0.728. The van der Waals surface area contributed by atoms with Gasteiger partial charge in [0.25, 0.3) is 5.95 Å². The molecule has 0 fully saturated rings. The summed E-state index contributed by atoms with van der Waals surface area (Å²) in [4.78, 5) is 23.8. The predicted octanol–water partition coefficient (Wildman–Crippen LogP) is 2.75. The van der Waals surface area contributed by atoms with Crippen LogP contribution in [0.3, 0.4) is 0 Å². The summed E-state index contributed by atoms with van der Waals surface area (Å²) >= 11 is 3.26. The smallest absolute Gasteiger partial charge is 0.346 e. The van der Waals surface area contributed by atoms with Gasteiger partial charge in [0.05, 0.1) is 6.61 Å². The molecule has 0 aliphatic heterocycles. The molecule has 1 heterocycles. The second-order valence-corrected chi connectivity index (χ2v) is 4.85. The van der Waals surface area contributed by atoms with E-state index in [9.17, 15) is 14.7 Å². The first kappa shape index (κ1) is 13.6. The molecule has 0 saturated heterocycles. The molecule has 0 aliphatic carbocycles. The van der Waals surface area contributed by atoms with Crippen molar-refractivity contribution < 1.29 is 19.1 Å². The van der Waals surface area contributed by atoms with Crippen LogP contribution in [0.1, 0.15) is 22.8 Å². The van der Waals surface area contributed by atoms with Gasteiger partial charge in [0.1, 0.15) is 0 Å². The average Bonchev–Trinajstić information content (AvgIpc) is 2.60. The van der Waals surface area contributed by atoms with Crippen LogP contribution in [0.2, 0.25) is 0 Å². The number of hydrogen-bond donors (Lipinski definition) is 1. The number of ether oxygens (including phenoxy) is 1. The van der Waals surface area contributed by atoms with Crippen LogP contribution >= 0.6 is 15.9 Å². The predicted molar refractivity (Wildman–Crippen MR) is 72.5 cm³/mol. The third kappa shape index (κ3) is 2.35. The second-order valence-electron chi connectivity index (χ2n) is 3.93. The zero-order valence-electron chi connectivity index (χ0n) is 10.3. The molecule has 19 heavy (non-hydrogen) atoms. The van der Waals surface area contributed by atoms with Gasteiger partial charge in [-0.25, -0.2) is 4.79 Å². The van der Waals surface area contributed by atoms with E-state index in [-0.39, 0.29) is 28.6 Å². The number of esters is 1. The molecule has 1 N–H and O–H groups in total. The van der Waals surface area contributed by atoms with Gasteiger partial charge >= 0.3 is 5.97 Å². The molecule has 0 aliphatic rings. The number of halogens is 1. The van der Waals surface area contributed by atoms with E-state index in [0.717, 1.165) is 0 Å². The van der Waals surface area contributed by atoms with E-state index in [1.54, 1.807) is 26.0 Å². The van der Waals surface area contributed by atoms with Crippen LogP contribution in [0.5, 0.6) is 5.95 Å². The van der Waals surface area contributed by atoms with Crippen molar-refractivity contribution in [1.82, 2.24) is 0 Å². The molecule has 1 aromatic heterocycles. The van der Waals surface area contributed by atoms with Crippen molar-refractivity contribution in [2.75, 3.05) is 6.61 Å². The van der Waals surface area contributed by atoms with Crippen LogP contribution < -0.4 is 5.43 Å². The van der Waals surface area contributed by atoms with E-state index >= 15 is 0 Å². The molecule has 1 aromatic carbocycles. The van der Waals surface area contributed by atoms with E-state index in [0.29, 0.717) is 10.0 Å². The van der Waals surface area contributed by atoms with Gasteiger partial charge in [0, 0.05) is 15.4 Å². The molecule has 0 radical (unpaired) electrons. The van der Waals surface area contributed by atoms with Crippen LogP contribution in [0.4, 0.5) is 0 Å². The molecule has 0 saturated carbocycles. The third-order valence-electron chi connectivity index (χ3n) is 2.61. The van der Waals surface area contributed by atoms with Gasteiger partial charge in [-0.1, -0.05) is 15.9 Å². The normalized spacial score (nSPS) is 10.7. The molecule has 2 aromatic rings. The highest BCUT2D eigenvalue weighted by Crippen LogP contribution is 2.31. The number of fused-ring (bicyclic) bond motifs is 1. The summed E-state index contributed by atoms with van der Waals surface area (Å²) in [7, 11) is 0. The van der Waals surface area contributed by atoms with Gasteiger partial charge in [-0.2, -0.15) is 0 Å². The van der Waals surface area contributed by atoms with Gasteiger partial charge < -0.3 is 14.3 Å². The minimum absolute atomic E-state index is 0.0660. The first-order valence-corrected chi connectivity index (χ1v) is 6.38. The van der Waals surface area contributed by atoms with E-state index in [4.69, 9.17) is 9.15 Å². The summed E-state index contributed by atoms with van der Waals surface area (Å²) in [5, 5.41) is 9.92. The van der Waals surface area contributed by atoms with E-state index in [1.165, 1.54) is 0 Å². The Labute approximate surface area is 116 Å². The molecule has 0 unspecified atom stereocenters. The molecular formula is C13H11BrO5. The maximum absolute atomic E-state index is 12.0. The standard InChI is InChI=1S/C13H11BrO5/c1-3-18-12(16)9-8-5-7(14)4-6(2)10(15)11(8)19-13(9)17/h4-5,17H,3H2,1-2H3. The molecule has 0 bridgehead atoms. The van der Waals surface area contributed by atoms with Gasteiger partial charge in [-0.3, -0.25) is 4.79 Å². The number of rotatable bonds is 2. The Kier molecular flexibility index (Phi) is 3.61. The quantitative estimate of drug-likeness (QED) is 0.858. The summed E-state index contributed by atoms with van der Waals surface area (Å²) in [6, 6.07) is 3.16. The minimum Gasteiger partial charge on any atom is -0.480 e. The Morgan fingerprint density at radius 1 is 1.47 bits per heavy atom. The van der Waals surface area contributed by atoms with E-state index in [2.05, 4.69) is 15.9 Å². The molecular weight excluding hydrogens is 316 g/mol. The molecule has 5 nitrogen and oxygen atoms in total. The van der Waals surface area contributed by atoms with Crippen LogP contribution in [0.15, 0.2) is 25.8 Å². The van der Waals surface area contributed by atoms with Crippen LogP contribution in [0, 0.1) is 6.92 Å². The molecule has 0 atom stereocenters. The first-order chi connectivity index (χ1) is 8.95. The molecule has 6 heteroatoms. The van der Waals surface area contributed by atoms with Crippen LogP contribution in [-0.2, 0) is 4.74 Å². The second kappa shape index (κ2) is 5.05. The number of aromatic hydroxyl groups is 1. The monoisotopic (exact) mass is 326 g/mol. The summed E-state index contributed by atoms with van der Waals surface area (Å²) in [5.41, 5.74) is -0.147. The fourth-order valence-corrected chi connectivity index (χ4v) is 2.34. The van der Waals surface area contributed by atoms with Crippen molar-refractivity contribution in [3.8, 4) is 5.95 Å². The number of aryl methyl sites for hydroxylation is 1. The molecule has 0 amide bonds. The number of hydrogen-bond acceptors (Lipinski definition) is 5. The van der Waals surface area contributed by atoms with Crippen molar-refractivity contribution in [2.45, 2.75) is 13.8 Å². The van der Waals surface area contributed by atoms with Crippen molar-refractivity contribution >= 4 is 32.9 Å². The summed E-state index contributed by atoms with van der Waals surface area (Å²) in [6.07, 6.45) is 0. The Morgan fingerprint density at radius 3 is 2.79 bits per heavy atom. The SMILES string of the molecule is CCOC(=O)c1c(O)oc2c(=O)c(C)cc(Br)cc12. The van der Waals surface area contributed by atoms with Crippen molar-refractivity contribution in [3.63, 3.8) is 0 Å². The Morgan fingerprint density at radius 2 is 2.16 bits per heavy atom. The zero-order chi connectivity index (χ0) is 14.2. The zero-order valence-corrected chi connectivity index (χ0v) is 11.9. The lowest BCUT2D eigenvalue weighted by molar-refractivity contribution is 0.0522. The van der Waals surface area contributed by atoms with Gasteiger partial charge in [-0.15, -0.1) is 0 Å². The highest BCUT2D eigenvalue weighted by molar-refractivity contribution is 9.10. The molecule has 2 rings (SSSR count). The van der Waals surface area contributed by atoms with E-state index in [1.807, 2.05) is 0 Å². The largest absolute Gasteiger partial charge is 0.480 e. The summed E-state index contributed by atoms with van der Waals surface area (Å²) in [6.45, 7) is 3.43. The number of carbonyl (C=O) groups is 1. The lowest BCUT2D eigenvalue weighted by Gasteiger charge is -1.98. The van der Waals surface area contributed by atoms with Gasteiger partial charge in [-0.05, 0) is 26.0 Å². The Hall–Kier alpha value is -1.82. The Bertz CT molecular complexity index is 717.